The average Bonchev–Trinajstić information content (AvgIpc) is 1.89. The lowest BCUT2D eigenvalue weighted by atomic mass is 10.4. The summed E-state index contributed by atoms with van der Waals surface area (Å²) in [4.78, 5) is 0. The molecule has 2 heteroatoms. The van der Waals surface area contributed by atoms with Crippen LogP contribution in [0.5, 0.6) is 0 Å². The molecule has 0 aromatic rings. The molecule has 0 spiro atoms. The highest BCUT2D eigenvalue weighted by Crippen LogP contribution is 2.04. The highest BCUT2D eigenvalue weighted by molar-refractivity contribution is 6.37. The van der Waals surface area contributed by atoms with E-state index in [1.807, 2.05) is 0 Å². The predicted molar refractivity (Wildman–Crippen MR) is 44.8 cm³/mol. The van der Waals surface area contributed by atoms with Crippen molar-refractivity contribution in [2.75, 3.05) is 12.8 Å². The minimum atomic E-state index is 0.102. The van der Waals surface area contributed by atoms with Crippen LogP contribution in [0.15, 0.2) is 0 Å². The van der Waals surface area contributed by atoms with Crippen LogP contribution in [0.2, 0.25) is 5.54 Å². The van der Waals surface area contributed by atoms with E-state index in [9.17, 15) is 0 Å². The highest BCUT2D eigenvalue weighted by Gasteiger charge is 1.97. The number of rotatable bonds is 5. The van der Waals surface area contributed by atoms with Crippen molar-refractivity contribution in [2.45, 2.75) is 32.7 Å². The highest BCUT2D eigenvalue weighted by atomic mass is 28.2. The van der Waals surface area contributed by atoms with Gasteiger partial charge < -0.3 is 4.74 Å². The Balaban J connectivity index is 2.88. The average molecular weight is 146 g/mol. The van der Waals surface area contributed by atoms with E-state index >= 15 is 0 Å². The lowest BCUT2D eigenvalue weighted by Crippen LogP contribution is -2.07. The third-order valence-corrected chi connectivity index (χ3v) is 3.74. The number of hydrogen-bond donors (Lipinski definition) is 0. The summed E-state index contributed by atoms with van der Waals surface area (Å²) in [6.45, 7) is 7.53. The topological polar surface area (TPSA) is 9.23 Å². The Morgan fingerprint density at radius 1 is 1.44 bits per heavy atom. The van der Waals surface area contributed by atoms with Crippen LogP contribution in [0.3, 0.4) is 0 Å². The molecule has 0 N–H and O–H groups in total. The fourth-order valence-corrected chi connectivity index (χ4v) is 1.90. The van der Waals surface area contributed by atoms with E-state index in [0.29, 0.717) is 0 Å². The Morgan fingerprint density at radius 2 is 2.11 bits per heavy atom. The molecule has 1 unspecified atom stereocenters. The second-order valence-electron chi connectivity index (χ2n) is 2.50. The van der Waals surface area contributed by atoms with Gasteiger partial charge >= 0.3 is 0 Å². The van der Waals surface area contributed by atoms with Gasteiger partial charge in [-0.15, -0.1) is 0 Å². The lowest BCUT2D eigenvalue weighted by Gasteiger charge is -2.05. The van der Waals surface area contributed by atoms with E-state index in [0.717, 1.165) is 18.4 Å². The maximum Gasteiger partial charge on any atom is 0.0544 e. The molecule has 0 bridgehead atoms. The van der Waals surface area contributed by atoms with Crippen molar-refractivity contribution < 1.29 is 4.74 Å². The van der Waals surface area contributed by atoms with Gasteiger partial charge in [-0.05, 0) is 6.92 Å². The summed E-state index contributed by atoms with van der Waals surface area (Å²) in [5.74, 6) is 0. The van der Waals surface area contributed by atoms with Crippen LogP contribution in [0.4, 0.5) is 0 Å². The van der Waals surface area contributed by atoms with Gasteiger partial charge in [0, 0.05) is 12.8 Å². The molecule has 0 aliphatic carbocycles. The maximum atomic E-state index is 5.27. The van der Waals surface area contributed by atoms with Crippen LogP contribution >= 0.6 is 0 Å². The van der Waals surface area contributed by atoms with Gasteiger partial charge in [0.1, 0.15) is 0 Å². The third kappa shape index (κ3) is 6.06. The molecule has 0 rings (SSSR count). The quantitative estimate of drug-likeness (QED) is 0.420. The van der Waals surface area contributed by atoms with Crippen molar-refractivity contribution in [3.63, 3.8) is 0 Å². The molecule has 0 heterocycles. The second kappa shape index (κ2) is 6.30. The van der Waals surface area contributed by atoms with E-state index in [1.54, 1.807) is 0 Å². The molecular formula is C7H18OSi. The molecule has 0 saturated heterocycles. The van der Waals surface area contributed by atoms with Gasteiger partial charge in [-0.3, -0.25) is 0 Å². The monoisotopic (exact) mass is 146 g/mol. The van der Waals surface area contributed by atoms with Gasteiger partial charge in [-0.1, -0.05) is 25.8 Å². The first kappa shape index (κ1) is 9.18. The lowest BCUT2D eigenvalue weighted by molar-refractivity contribution is 0.192. The van der Waals surface area contributed by atoms with Crippen LogP contribution in [0.25, 0.3) is 0 Å². The van der Waals surface area contributed by atoms with Crippen LogP contribution in [0, 0.1) is 0 Å². The molecular weight excluding hydrogens is 128 g/mol. The van der Waals surface area contributed by atoms with E-state index in [-0.39, 0.29) is 9.52 Å². The molecule has 0 amide bonds. The molecule has 0 aromatic carbocycles. The SMILES string of the molecule is CCOC[SiH2]C(C)CC. The van der Waals surface area contributed by atoms with E-state index in [1.165, 1.54) is 6.42 Å². The van der Waals surface area contributed by atoms with Gasteiger partial charge in [0.15, 0.2) is 0 Å². The Bertz CT molecular complexity index is 56.9. The van der Waals surface area contributed by atoms with Crippen molar-refractivity contribution in [3.05, 3.63) is 0 Å². The predicted octanol–water partition coefficient (Wildman–Crippen LogP) is 1.37. The Labute approximate surface area is 60.6 Å². The maximum absolute atomic E-state index is 5.27. The number of hydrogen-bond acceptors (Lipinski definition) is 1. The van der Waals surface area contributed by atoms with Gasteiger partial charge in [0.25, 0.3) is 0 Å². The second-order valence-corrected chi connectivity index (χ2v) is 4.88. The zero-order valence-corrected chi connectivity index (χ0v) is 8.23. The zero-order valence-electron chi connectivity index (χ0n) is 6.81. The van der Waals surface area contributed by atoms with E-state index < -0.39 is 0 Å². The summed E-state index contributed by atoms with van der Waals surface area (Å²) < 4.78 is 5.27. The summed E-state index contributed by atoms with van der Waals surface area (Å²) >= 11 is 0. The Kier molecular flexibility index (Phi) is 6.42. The number of ether oxygens (including phenoxy) is 1. The van der Waals surface area contributed by atoms with Crippen molar-refractivity contribution in [2.24, 2.45) is 0 Å². The van der Waals surface area contributed by atoms with Crippen LogP contribution < -0.4 is 0 Å². The molecule has 0 aromatic heterocycles. The van der Waals surface area contributed by atoms with Crippen molar-refractivity contribution in [1.82, 2.24) is 0 Å². The molecule has 1 atom stereocenters. The molecule has 0 aliphatic heterocycles. The molecule has 1 nitrogen and oxygen atoms in total. The largest absolute Gasteiger partial charge is 0.386 e. The first-order valence-electron chi connectivity index (χ1n) is 3.89. The minimum absolute atomic E-state index is 0.102. The van der Waals surface area contributed by atoms with Crippen LogP contribution in [-0.4, -0.2) is 22.4 Å². The van der Waals surface area contributed by atoms with Crippen LogP contribution in [-0.2, 0) is 4.74 Å². The normalized spacial score (nSPS) is 15.0. The van der Waals surface area contributed by atoms with Crippen LogP contribution in [0.1, 0.15) is 27.2 Å². The van der Waals surface area contributed by atoms with Gasteiger partial charge in [0.2, 0.25) is 0 Å². The van der Waals surface area contributed by atoms with Gasteiger partial charge in [-0.2, -0.15) is 0 Å². The molecule has 0 aliphatic rings. The molecule has 9 heavy (non-hydrogen) atoms. The molecule has 56 valence electrons. The summed E-state index contributed by atoms with van der Waals surface area (Å²) in [5, 5.41) is 0. The third-order valence-electron chi connectivity index (χ3n) is 1.66. The Hall–Kier alpha value is 0.177. The smallest absolute Gasteiger partial charge is 0.0544 e. The fraction of sp³-hybridized carbons (Fsp3) is 1.00. The van der Waals surface area contributed by atoms with E-state index in [2.05, 4.69) is 20.8 Å². The van der Waals surface area contributed by atoms with Gasteiger partial charge in [-0.25, -0.2) is 0 Å². The summed E-state index contributed by atoms with van der Waals surface area (Å²) in [5.41, 5.74) is 0.969. The standard InChI is InChI=1S/C7H18OSi/c1-4-7(3)9-6-8-5-2/h7H,4-6,9H2,1-3H3. The molecule has 0 fully saturated rings. The summed E-state index contributed by atoms with van der Waals surface area (Å²) in [6, 6.07) is 0. The van der Waals surface area contributed by atoms with Crippen molar-refractivity contribution in [3.8, 4) is 0 Å². The fourth-order valence-electron chi connectivity index (χ4n) is 0.633. The molecule has 0 radical (unpaired) electrons. The first-order chi connectivity index (χ1) is 4.31. The van der Waals surface area contributed by atoms with Crippen molar-refractivity contribution in [1.29, 1.82) is 0 Å². The summed E-state index contributed by atoms with van der Waals surface area (Å²) in [6.07, 6.45) is 2.41. The van der Waals surface area contributed by atoms with Crippen molar-refractivity contribution >= 4 is 9.52 Å². The first-order valence-corrected chi connectivity index (χ1v) is 5.70. The minimum Gasteiger partial charge on any atom is -0.386 e. The van der Waals surface area contributed by atoms with E-state index in [4.69, 9.17) is 4.74 Å². The zero-order chi connectivity index (χ0) is 7.11. The Morgan fingerprint density at radius 3 is 2.56 bits per heavy atom. The van der Waals surface area contributed by atoms with Gasteiger partial charge in [0.05, 0.1) is 9.52 Å². The molecule has 0 saturated carbocycles. The summed E-state index contributed by atoms with van der Waals surface area (Å²) in [7, 11) is 0.102.